The molecule has 1 aliphatic carbocycles. The van der Waals surface area contributed by atoms with Gasteiger partial charge in [0.25, 0.3) is 0 Å². The molecule has 0 aliphatic heterocycles. The van der Waals surface area contributed by atoms with Crippen molar-refractivity contribution in [3.8, 4) is 16.9 Å². The van der Waals surface area contributed by atoms with Crippen LogP contribution in [-0.4, -0.2) is 31.4 Å². The lowest BCUT2D eigenvalue weighted by molar-refractivity contribution is -0.137. The van der Waals surface area contributed by atoms with Crippen molar-refractivity contribution in [1.29, 1.82) is 0 Å². The molecule has 0 saturated heterocycles. The van der Waals surface area contributed by atoms with E-state index in [-0.39, 0.29) is 29.9 Å². The van der Waals surface area contributed by atoms with Crippen LogP contribution in [0.5, 0.6) is 5.75 Å². The van der Waals surface area contributed by atoms with Gasteiger partial charge < -0.3 is 9.84 Å². The van der Waals surface area contributed by atoms with Gasteiger partial charge >= 0.3 is 5.97 Å². The molecule has 2 aromatic rings. The number of carbonyl (C=O) groups is 1. The third kappa shape index (κ3) is 4.32. The molecule has 150 valence electrons. The summed E-state index contributed by atoms with van der Waals surface area (Å²) in [4.78, 5) is 10.6. The van der Waals surface area contributed by atoms with Gasteiger partial charge in [0, 0.05) is 6.42 Å². The molecule has 1 N–H and O–H groups in total. The summed E-state index contributed by atoms with van der Waals surface area (Å²) in [6.07, 6.45) is 2.10. The van der Waals surface area contributed by atoms with E-state index in [1.807, 2.05) is 0 Å². The number of hydrogen-bond acceptors (Lipinski definition) is 4. The van der Waals surface area contributed by atoms with Crippen LogP contribution in [0.3, 0.4) is 0 Å². The topological polar surface area (TPSA) is 80.7 Å². The molecule has 1 fully saturated rings. The Morgan fingerprint density at radius 1 is 1.11 bits per heavy atom. The van der Waals surface area contributed by atoms with Gasteiger partial charge in [-0.3, -0.25) is 4.79 Å². The molecule has 0 radical (unpaired) electrons. The Balaban J connectivity index is 1.82. The maximum Gasteiger partial charge on any atom is 0.303 e. The predicted octanol–water partition coefficient (Wildman–Crippen LogP) is 4.20. The van der Waals surface area contributed by atoms with E-state index < -0.39 is 38.4 Å². The van der Waals surface area contributed by atoms with E-state index >= 15 is 0 Å². The molecule has 0 amide bonds. The minimum absolute atomic E-state index is 0.122. The van der Waals surface area contributed by atoms with E-state index in [1.54, 1.807) is 12.1 Å². The smallest absolute Gasteiger partial charge is 0.303 e. The zero-order chi connectivity index (χ0) is 20.3. The Morgan fingerprint density at radius 3 is 2.36 bits per heavy atom. The summed E-state index contributed by atoms with van der Waals surface area (Å²) in [7, 11) is -3.44. The number of carboxylic acids is 1. The van der Waals surface area contributed by atoms with Crippen LogP contribution in [0.1, 0.15) is 32.1 Å². The highest BCUT2D eigenvalue weighted by atomic mass is 32.2. The van der Waals surface area contributed by atoms with Gasteiger partial charge in [0.1, 0.15) is 0 Å². The van der Waals surface area contributed by atoms with Crippen molar-refractivity contribution < 1.29 is 31.8 Å². The Morgan fingerprint density at radius 2 is 1.79 bits per heavy atom. The Hall–Kier alpha value is -2.48. The van der Waals surface area contributed by atoms with Crippen molar-refractivity contribution in [2.75, 3.05) is 6.61 Å². The standard InChI is InChI=1S/C20H20F2O5S/c21-17-11-14(12-18(22)20(17)27-9-3-8-19(23)24)13-4-1-7-16(10-13)28(25,26)15-5-2-6-15/h1,4,7,10-12,15H,2-3,5-6,8-9H2,(H,23,24). The minimum atomic E-state index is -3.44. The number of rotatable bonds is 8. The molecule has 5 nitrogen and oxygen atoms in total. The number of aliphatic carboxylic acids is 1. The van der Waals surface area contributed by atoms with Crippen molar-refractivity contribution in [3.63, 3.8) is 0 Å². The van der Waals surface area contributed by atoms with Crippen molar-refractivity contribution in [2.45, 2.75) is 42.2 Å². The van der Waals surface area contributed by atoms with Crippen LogP contribution < -0.4 is 4.74 Å². The molecule has 3 rings (SSSR count). The number of hydrogen-bond donors (Lipinski definition) is 1. The largest absolute Gasteiger partial charge is 0.488 e. The Kier molecular flexibility index (Phi) is 5.98. The van der Waals surface area contributed by atoms with Crippen LogP contribution in [0.25, 0.3) is 11.1 Å². The second-order valence-electron chi connectivity index (χ2n) is 6.74. The molecule has 0 heterocycles. The van der Waals surface area contributed by atoms with E-state index in [1.165, 1.54) is 12.1 Å². The number of benzene rings is 2. The molecule has 8 heteroatoms. The van der Waals surface area contributed by atoms with E-state index in [0.717, 1.165) is 18.6 Å². The average Bonchev–Trinajstić information content (AvgIpc) is 2.58. The van der Waals surface area contributed by atoms with Crippen molar-refractivity contribution in [2.24, 2.45) is 0 Å². The second kappa shape index (κ2) is 8.26. The number of halogens is 2. The summed E-state index contributed by atoms with van der Waals surface area (Å²) >= 11 is 0. The molecule has 2 aromatic carbocycles. The fourth-order valence-corrected chi connectivity index (χ4v) is 4.89. The first-order chi connectivity index (χ1) is 13.3. The Bertz CT molecular complexity index is 961. The summed E-state index contributed by atoms with van der Waals surface area (Å²) in [5.41, 5.74) is 0.578. The fraction of sp³-hybridized carbons (Fsp3) is 0.350. The van der Waals surface area contributed by atoms with Crippen LogP contribution >= 0.6 is 0 Å². The van der Waals surface area contributed by atoms with Crippen LogP contribution in [0.4, 0.5) is 8.78 Å². The Labute approximate surface area is 161 Å². The third-order valence-electron chi connectivity index (χ3n) is 4.77. The normalized spacial score (nSPS) is 14.5. The van der Waals surface area contributed by atoms with Gasteiger partial charge in [-0.05, 0) is 54.7 Å². The van der Waals surface area contributed by atoms with Gasteiger partial charge in [0.2, 0.25) is 0 Å². The van der Waals surface area contributed by atoms with Crippen molar-refractivity contribution in [1.82, 2.24) is 0 Å². The second-order valence-corrected chi connectivity index (χ2v) is 8.97. The lowest BCUT2D eigenvalue weighted by atomic mass is 10.00. The zero-order valence-electron chi connectivity index (χ0n) is 15.0. The highest BCUT2D eigenvalue weighted by Crippen LogP contribution is 2.34. The van der Waals surface area contributed by atoms with Gasteiger partial charge in [-0.2, -0.15) is 0 Å². The highest BCUT2D eigenvalue weighted by molar-refractivity contribution is 7.92. The number of carboxylic acid groups (broad SMARTS) is 1. The quantitative estimate of drug-likeness (QED) is 0.660. The first kappa shape index (κ1) is 20.3. The van der Waals surface area contributed by atoms with E-state index in [0.29, 0.717) is 18.4 Å². The van der Waals surface area contributed by atoms with Crippen LogP contribution in [-0.2, 0) is 14.6 Å². The molecule has 0 spiro atoms. The van der Waals surface area contributed by atoms with Gasteiger partial charge in [0.05, 0.1) is 16.8 Å². The van der Waals surface area contributed by atoms with Crippen LogP contribution in [0.2, 0.25) is 0 Å². The maximum atomic E-state index is 14.3. The lowest BCUT2D eigenvalue weighted by Crippen LogP contribution is -2.28. The SMILES string of the molecule is O=C(O)CCCOc1c(F)cc(-c2cccc(S(=O)(=O)C3CCC3)c2)cc1F. The van der Waals surface area contributed by atoms with Crippen LogP contribution in [0, 0.1) is 11.6 Å². The molecule has 1 aliphatic rings. The van der Waals surface area contributed by atoms with Crippen molar-refractivity contribution >= 4 is 15.8 Å². The van der Waals surface area contributed by atoms with Gasteiger partial charge in [-0.15, -0.1) is 0 Å². The molecule has 0 bridgehead atoms. The summed E-state index contributed by atoms with van der Waals surface area (Å²) < 4.78 is 58.8. The summed E-state index contributed by atoms with van der Waals surface area (Å²) in [6, 6.07) is 8.20. The van der Waals surface area contributed by atoms with Crippen LogP contribution in [0.15, 0.2) is 41.3 Å². The zero-order valence-corrected chi connectivity index (χ0v) is 15.8. The molecule has 1 saturated carbocycles. The first-order valence-electron chi connectivity index (χ1n) is 8.97. The average molecular weight is 410 g/mol. The fourth-order valence-electron chi connectivity index (χ4n) is 2.99. The van der Waals surface area contributed by atoms with E-state index in [9.17, 15) is 22.0 Å². The third-order valence-corrected chi connectivity index (χ3v) is 7.03. The van der Waals surface area contributed by atoms with Gasteiger partial charge in [0.15, 0.2) is 27.2 Å². The van der Waals surface area contributed by atoms with E-state index in [2.05, 4.69) is 0 Å². The summed E-state index contributed by atoms with van der Waals surface area (Å²) in [6.45, 7) is -0.130. The molecular weight excluding hydrogens is 390 g/mol. The van der Waals surface area contributed by atoms with Gasteiger partial charge in [-0.25, -0.2) is 17.2 Å². The lowest BCUT2D eigenvalue weighted by Gasteiger charge is -2.25. The minimum Gasteiger partial charge on any atom is -0.488 e. The molecule has 0 aromatic heterocycles. The molecule has 0 unspecified atom stereocenters. The summed E-state index contributed by atoms with van der Waals surface area (Å²) in [5, 5.41) is 8.18. The summed E-state index contributed by atoms with van der Waals surface area (Å²) in [5.74, 6) is -3.46. The molecule has 0 atom stereocenters. The number of sulfone groups is 1. The predicted molar refractivity (Wildman–Crippen MR) is 99.0 cm³/mol. The van der Waals surface area contributed by atoms with Crippen molar-refractivity contribution in [3.05, 3.63) is 48.0 Å². The molecular formula is C20H20F2O5S. The maximum absolute atomic E-state index is 14.3. The van der Waals surface area contributed by atoms with Gasteiger partial charge in [-0.1, -0.05) is 18.6 Å². The highest BCUT2D eigenvalue weighted by Gasteiger charge is 2.32. The first-order valence-corrected chi connectivity index (χ1v) is 10.5. The van der Waals surface area contributed by atoms with E-state index in [4.69, 9.17) is 9.84 Å². The number of ether oxygens (including phenoxy) is 1. The monoisotopic (exact) mass is 410 g/mol. The molecule has 28 heavy (non-hydrogen) atoms.